The molecule has 38 heavy (non-hydrogen) atoms. The van der Waals surface area contributed by atoms with Gasteiger partial charge in [-0.1, -0.05) is 27.7 Å². The summed E-state index contributed by atoms with van der Waals surface area (Å²) in [6, 6.07) is -2.89. The smallest absolute Gasteiger partial charge is 0.320 e. The highest BCUT2D eigenvalue weighted by Crippen LogP contribution is 1.96. The largest absolute Gasteiger partial charge is 0.480 e. The van der Waals surface area contributed by atoms with Crippen LogP contribution in [0.25, 0.3) is 0 Å². The Kier molecular flexibility index (Phi) is 37.4. The number of hydrogen-bond donors (Lipinski definition) is 12. The Balaban J connectivity index is -0.0000000817. The first-order valence-electron chi connectivity index (χ1n) is 10.7. The minimum absolute atomic E-state index is 0.0208. The molecule has 0 radical (unpaired) electrons. The van der Waals surface area contributed by atoms with Crippen LogP contribution in [-0.4, -0.2) is 104 Å². The Morgan fingerprint density at radius 1 is 0.474 bits per heavy atom. The first-order chi connectivity index (χ1) is 16.9. The monoisotopic (exact) mass is 562 g/mol. The third-order valence-corrected chi connectivity index (χ3v) is 3.14. The molecule has 0 amide bonds. The molecule has 0 aromatic carbocycles. The Morgan fingerprint density at radius 2 is 0.605 bits per heavy atom. The average molecular weight is 563 g/mol. The third-order valence-electron chi connectivity index (χ3n) is 3.14. The van der Waals surface area contributed by atoms with Crippen molar-refractivity contribution in [2.75, 3.05) is 13.1 Å². The lowest BCUT2D eigenvalue weighted by Crippen LogP contribution is -2.34. The van der Waals surface area contributed by atoms with Crippen molar-refractivity contribution in [2.45, 2.75) is 65.7 Å². The zero-order chi connectivity index (χ0) is 32.3. The average Bonchev–Trinajstić information content (AvgIpc) is 2.79. The predicted octanol–water partition coefficient (Wildman–Crippen LogP) is -3.00. The molecule has 4 atom stereocenters. The second-order valence-corrected chi connectivity index (χ2v) is 7.67. The lowest BCUT2D eigenvalue weighted by atomic mass is 10.1. The molecule has 18 heteroatoms. The fourth-order valence-corrected chi connectivity index (χ4v) is 0.570. The van der Waals surface area contributed by atoms with E-state index in [1.54, 1.807) is 27.7 Å². The number of hydrogen-bond acceptors (Lipinski definition) is 12. The van der Waals surface area contributed by atoms with Crippen molar-refractivity contribution in [3.63, 3.8) is 0 Å². The molecule has 0 fully saturated rings. The standard InChI is InChI=1S/2C5H11NO2.2C3H7NO2.2C2H5NO2/c2*1-3(2)4(6)5(7)8;2*1-2(4)3(5)6;2*3-1-2(4)5/h2*3-4H,6H2,1-2H3,(H,7,8);2*2H,4H2,1H3,(H,5,6);2*1,3H2,(H,4,5)/t2*4-;2*2-;;/m0000../s1. The van der Waals surface area contributed by atoms with Gasteiger partial charge in [0.25, 0.3) is 0 Å². The zero-order valence-corrected chi connectivity index (χ0v) is 22.5. The second kappa shape index (κ2) is 29.8. The molecule has 0 bridgehead atoms. The highest BCUT2D eigenvalue weighted by molar-refractivity contribution is 5.74. The van der Waals surface area contributed by atoms with Crippen LogP contribution in [0.1, 0.15) is 41.5 Å². The van der Waals surface area contributed by atoms with Crippen LogP contribution in [-0.2, 0) is 28.8 Å². The van der Waals surface area contributed by atoms with E-state index in [0.29, 0.717) is 0 Å². The molecule has 0 aliphatic heterocycles. The minimum atomic E-state index is -0.968. The van der Waals surface area contributed by atoms with Crippen molar-refractivity contribution in [1.29, 1.82) is 0 Å². The summed E-state index contributed by atoms with van der Waals surface area (Å²) in [5, 5.41) is 47.4. The minimum Gasteiger partial charge on any atom is -0.480 e. The van der Waals surface area contributed by atoms with Crippen molar-refractivity contribution in [3.8, 4) is 0 Å². The van der Waals surface area contributed by atoms with Crippen molar-refractivity contribution in [1.82, 2.24) is 0 Å². The zero-order valence-electron chi connectivity index (χ0n) is 22.5. The van der Waals surface area contributed by atoms with Crippen molar-refractivity contribution in [3.05, 3.63) is 0 Å². The Labute approximate surface area is 220 Å². The van der Waals surface area contributed by atoms with Crippen LogP contribution in [0.5, 0.6) is 0 Å². The van der Waals surface area contributed by atoms with Crippen molar-refractivity contribution in [2.24, 2.45) is 46.2 Å². The fraction of sp³-hybridized carbons (Fsp3) is 0.700. The summed E-state index contributed by atoms with van der Waals surface area (Å²) in [6.07, 6.45) is 0. The molecule has 0 heterocycles. The molecule has 18 nitrogen and oxygen atoms in total. The number of carboxylic acids is 6. The van der Waals surface area contributed by atoms with Crippen LogP contribution in [0.4, 0.5) is 0 Å². The SMILES string of the molecule is CC(C)[C@H](N)C(=O)O.CC(C)[C@H](N)C(=O)O.C[C@H](N)C(=O)O.C[C@H](N)C(=O)O.NCC(=O)O.NCC(=O)O. The summed E-state index contributed by atoms with van der Waals surface area (Å²) in [5.74, 6) is -5.68. The lowest BCUT2D eigenvalue weighted by molar-refractivity contribution is -0.140. The van der Waals surface area contributed by atoms with E-state index in [1.165, 1.54) is 13.8 Å². The van der Waals surface area contributed by atoms with Crippen LogP contribution in [0, 0.1) is 11.8 Å². The molecule has 0 aromatic rings. The van der Waals surface area contributed by atoms with E-state index in [4.69, 9.17) is 53.6 Å². The summed E-state index contributed by atoms with van der Waals surface area (Å²) in [7, 11) is 0. The molecule has 228 valence electrons. The predicted molar refractivity (Wildman–Crippen MR) is 137 cm³/mol. The molecular weight excluding hydrogens is 516 g/mol. The fourth-order valence-electron chi connectivity index (χ4n) is 0.570. The highest BCUT2D eigenvalue weighted by atomic mass is 16.4. The summed E-state index contributed by atoms with van der Waals surface area (Å²) in [4.78, 5) is 57.7. The van der Waals surface area contributed by atoms with Gasteiger partial charge in [-0.15, -0.1) is 0 Å². The Hall–Kier alpha value is -3.42. The maximum absolute atomic E-state index is 10.0. The normalized spacial score (nSPS) is 12.2. The molecule has 0 aromatic heterocycles. The summed E-state index contributed by atoms with van der Waals surface area (Å²) >= 11 is 0. The van der Waals surface area contributed by atoms with Crippen molar-refractivity contribution >= 4 is 35.8 Å². The van der Waals surface area contributed by atoms with Crippen LogP contribution in [0.15, 0.2) is 0 Å². The molecule has 0 aliphatic rings. The molecule has 0 aliphatic carbocycles. The third kappa shape index (κ3) is 53.8. The summed E-state index contributed by atoms with van der Waals surface area (Å²) in [5.41, 5.74) is 29.1. The van der Waals surface area contributed by atoms with Crippen molar-refractivity contribution < 1.29 is 59.4 Å². The number of carbonyl (C=O) groups is 6. The molecule has 0 rings (SSSR count). The summed E-state index contributed by atoms with van der Waals surface area (Å²) < 4.78 is 0. The quantitative estimate of drug-likeness (QED) is 0.140. The van der Waals surface area contributed by atoms with E-state index in [2.05, 4.69) is 11.5 Å². The number of carboxylic acid groups (broad SMARTS) is 6. The first-order valence-corrected chi connectivity index (χ1v) is 10.7. The van der Waals surface area contributed by atoms with E-state index in [-0.39, 0.29) is 24.9 Å². The van der Waals surface area contributed by atoms with Gasteiger partial charge in [0.1, 0.15) is 24.2 Å². The lowest BCUT2D eigenvalue weighted by Gasteiger charge is -2.07. The van der Waals surface area contributed by atoms with Gasteiger partial charge in [-0.2, -0.15) is 0 Å². The van der Waals surface area contributed by atoms with E-state index in [9.17, 15) is 28.8 Å². The van der Waals surface area contributed by atoms with E-state index < -0.39 is 60.0 Å². The van der Waals surface area contributed by atoms with Gasteiger partial charge in [-0.05, 0) is 25.7 Å². The molecular formula is C20H46N6O12. The maximum atomic E-state index is 10.0. The number of nitrogens with two attached hydrogens (primary N) is 6. The molecule has 0 unspecified atom stereocenters. The number of rotatable bonds is 8. The van der Waals surface area contributed by atoms with E-state index in [1.807, 2.05) is 0 Å². The van der Waals surface area contributed by atoms with Crippen LogP contribution >= 0.6 is 0 Å². The van der Waals surface area contributed by atoms with Crippen LogP contribution < -0.4 is 34.4 Å². The van der Waals surface area contributed by atoms with Gasteiger partial charge >= 0.3 is 35.8 Å². The van der Waals surface area contributed by atoms with Crippen LogP contribution in [0.2, 0.25) is 0 Å². The topological polar surface area (TPSA) is 380 Å². The number of aliphatic carboxylic acids is 6. The Bertz CT molecular complexity index is 617. The molecule has 0 spiro atoms. The first kappa shape index (κ1) is 47.7. The van der Waals surface area contributed by atoms with Gasteiger partial charge in [-0.25, -0.2) is 0 Å². The molecule has 0 saturated carbocycles. The highest BCUT2D eigenvalue weighted by Gasteiger charge is 2.15. The summed E-state index contributed by atoms with van der Waals surface area (Å²) in [6.45, 7) is 9.39. The van der Waals surface area contributed by atoms with Gasteiger partial charge in [-0.3, -0.25) is 28.8 Å². The van der Waals surface area contributed by atoms with E-state index >= 15 is 0 Å². The van der Waals surface area contributed by atoms with Gasteiger partial charge in [0, 0.05) is 0 Å². The van der Waals surface area contributed by atoms with E-state index in [0.717, 1.165) is 0 Å². The van der Waals surface area contributed by atoms with Gasteiger partial charge in [0.05, 0.1) is 13.1 Å². The van der Waals surface area contributed by atoms with Gasteiger partial charge < -0.3 is 65.0 Å². The van der Waals surface area contributed by atoms with Gasteiger partial charge in [0.2, 0.25) is 0 Å². The molecule has 18 N–H and O–H groups in total. The Morgan fingerprint density at radius 3 is 0.605 bits per heavy atom. The maximum Gasteiger partial charge on any atom is 0.320 e. The molecule has 0 saturated heterocycles. The second-order valence-electron chi connectivity index (χ2n) is 7.67. The van der Waals surface area contributed by atoms with Gasteiger partial charge in [0.15, 0.2) is 0 Å². The van der Waals surface area contributed by atoms with Crippen LogP contribution in [0.3, 0.4) is 0 Å².